The predicted molar refractivity (Wildman–Crippen MR) is 76.1 cm³/mol. The molecule has 20 heavy (non-hydrogen) atoms. The third kappa shape index (κ3) is 4.20. The third-order valence-electron chi connectivity index (χ3n) is 4.53. The number of hydrogen-bond donors (Lipinski definition) is 3. The van der Waals surface area contributed by atoms with E-state index in [1.165, 1.54) is 0 Å². The molecule has 0 radical (unpaired) electrons. The van der Waals surface area contributed by atoms with Crippen LogP contribution in [0.3, 0.4) is 0 Å². The molecule has 1 saturated carbocycles. The number of carboxylic acids is 1. The number of carboxylic acid groups (broad SMARTS) is 1. The summed E-state index contributed by atoms with van der Waals surface area (Å²) in [5, 5.41) is 21.9. The third-order valence-corrected chi connectivity index (χ3v) is 4.53. The van der Waals surface area contributed by atoms with E-state index in [1.54, 1.807) is 0 Å². The van der Waals surface area contributed by atoms with E-state index in [1.807, 2.05) is 20.8 Å². The van der Waals surface area contributed by atoms with Gasteiger partial charge in [0.05, 0.1) is 17.9 Å². The normalized spacial score (nSPS) is 27.6. The number of amides is 1. The van der Waals surface area contributed by atoms with Crippen molar-refractivity contribution in [1.29, 1.82) is 0 Å². The first-order valence-electron chi connectivity index (χ1n) is 7.59. The van der Waals surface area contributed by atoms with Gasteiger partial charge < -0.3 is 15.5 Å². The van der Waals surface area contributed by atoms with E-state index in [-0.39, 0.29) is 24.3 Å². The predicted octanol–water partition coefficient (Wildman–Crippen LogP) is 1.65. The van der Waals surface area contributed by atoms with Crippen molar-refractivity contribution in [3.63, 3.8) is 0 Å². The molecule has 1 rings (SSSR count). The fourth-order valence-electron chi connectivity index (χ4n) is 3.19. The summed E-state index contributed by atoms with van der Waals surface area (Å²) < 4.78 is 0. The number of aliphatic hydroxyl groups is 1. The van der Waals surface area contributed by atoms with Gasteiger partial charge in [-0.2, -0.15) is 0 Å². The minimum Gasteiger partial charge on any atom is -0.481 e. The van der Waals surface area contributed by atoms with Crippen molar-refractivity contribution in [2.45, 2.75) is 52.6 Å². The summed E-state index contributed by atoms with van der Waals surface area (Å²) in [7, 11) is 0. The highest BCUT2D eigenvalue weighted by atomic mass is 16.4. The lowest BCUT2D eigenvalue weighted by Gasteiger charge is -2.22. The monoisotopic (exact) mass is 285 g/mol. The number of rotatable bonds is 7. The smallest absolute Gasteiger partial charge is 0.307 e. The summed E-state index contributed by atoms with van der Waals surface area (Å²) in [6.07, 6.45) is 2.35. The first kappa shape index (κ1) is 17.0. The van der Waals surface area contributed by atoms with Gasteiger partial charge in [-0.25, -0.2) is 0 Å². The van der Waals surface area contributed by atoms with E-state index in [4.69, 9.17) is 5.11 Å². The van der Waals surface area contributed by atoms with Gasteiger partial charge in [-0.05, 0) is 24.7 Å². The van der Waals surface area contributed by atoms with Gasteiger partial charge in [-0.1, -0.05) is 33.6 Å². The molecular weight excluding hydrogens is 258 g/mol. The van der Waals surface area contributed by atoms with Crippen LogP contribution in [0.5, 0.6) is 0 Å². The van der Waals surface area contributed by atoms with Crippen molar-refractivity contribution in [3.8, 4) is 0 Å². The van der Waals surface area contributed by atoms with Crippen molar-refractivity contribution in [2.24, 2.45) is 23.7 Å². The fraction of sp³-hybridized carbons (Fsp3) is 0.867. The zero-order valence-corrected chi connectivity index (χ0v) is 12.6. The van der Waals surface area contributed by atoms with Crippen LogP contribution in [0.2, 0.25) is 0 Å². The van der Waals surface area contributed by atoms with Gasteiger partial charge in [-0.3, -0.25) is 9.59 Å². The van der Waals surface area contributed by atoms with E-state index in [0.29, 0.717) is 12.8 Å². The first-order chi connectivity index (χ1) is 9.40. The average Bonchev–Trinajstić information content (AvgIpc) is 2.79. The van der Waals surface area contributed by atoms with Crippen LogP contribution < -0.4 is 5.32 Å². The van der Waals surface area contributed by atoms with E-state index in [0.717, 1.165) is 12.8 Å². The maximum Gasteiger partial charge on any atom is 0.307 e. The van der Waals surface area contributed by atoms with E-state index >= 15 is 0 Å². The minimum absolute atomic E-state index is 0.174. The molecule has 4 atom stereocenters. The maximum absolute atomic E-state index is 12.1. The van der Waals surface area contributed by atoms with Gasteiger partial charge in [0.2, 0.25) is 5.91 Å². The van der Waals surface area contributed by atoms with Crippen LogP contribution in [-0.4, -0.2) is 34.7 Å². The lowest BCUT2D eigenvalue weighted by molar-refractivity contribution is -0.146. The van der Waals surface area contributed by atoms with Crippen LogP contribution >= 0.6 is 0 Å². The van der Waals surface area contributed by atoms with Gasteiger partial charge in [-0.15, -0.1) is 0 Å². The highest BCUT2D eigenvalue weighted by Crippen LogP contribution is 2.36. The van der Waals surface area contributed by atoms with Crippen LogP contribution in [0.15, 0.2) is 0 Å². The molecule has 1 amide bonds. The van der Waals surface area contributed by atoms with Gasteiger partial charge >= 0.3 is 5.97 Å². The molecule has 1 aliphatic carbocycles. The number of carbonyl (C=O) groups is 2. The number of aliphatic hydroxyl groups excluding tert-OH is 1. The second-order valence-electron chi connectivity index (χ2n) is 6.02. The summed E-state index contributed by atoms with van der Waals surface area (Å²) in [6.45, 7) is 6.21. The van der Waals surface area contributed by atoms with E-state index in [9.17, 15) is 14.7 Å². The molecule has 3 N–H and O–H groups in total. The minimum atomic E-state index is -0.893. The Morgan fingerprint density at radius 1 is 1.20 bits per heavy atom. The highest BCUT2D eigenvalue weighted by molar-refractivity contribution is 5.85. The van der Waals surface area contributed by atoms with Crippen molar-refractivity contribution >= 4 is 11.9 Å². The lowest BCUT2D eigenvalue weighted by atomic mass is 9.94. The Bertz CT molecular complexity index is 341. The summed E-state index contributed by atoms with van der Waals surface area (Å²) in [5.74, 6) is -1.74. The van der Waals surface area contributed by atoms with Crippen molar-refractivity contribution in [2.75, 3.05) is 6.54 Å². The standard InChI is InChI=1S/C15H27NO4/c1-4-10(5-2)13(17)8-16-14(18)11-6-9(3)7-12(11)15(19)20/h9-13,17H,4-8H2,1-3H3,(H,16,18)(H,19,20). The van der Waals surface area contributed by atoms with Gasteiger partial charge in [0, 0.05) is 6.54 Å². The summed E-state index contributed by atoms with van der Waals surface area (Å²) in [4.78, 5) is 23.3. The summed E-state index contributed by atoms with van der Waals surface area (Å²) >= 11 is 0. The van der Waals surface area contributed by atoms with Crippen LogP contribution in [0.25, 0.3) is 0 Å². The van der Waals surface area contributed by atoms with Crippen LogP contribution in [0, 0.1) is 23.7 Å². The summed E-state index contributed by atoms with van der Waals surface area (Å²) in [5.41, 5.74) is 0. The van der Waals surface area contributed by atoms with Gasteiger partial charge in [0.25, 0.3) is 0 Å². The Hall–Kier alpha value is -1.10. The zero-order valence-electron chi connectivity index (χ0n) is 12.6. The SMILES string of the molecule is CCC(CC)C(O)CNC(=O)C1CC(C)CC1C(=O)O. The molecule has 0 aromatic heterocycles. The molecule has 1 aliphatic rings. The summed E-state index contributed by atoms with van der Waals surface area (Å²) in [6, 6.07) is 0. The Morgan fingerprint density at radius 2 is 1.75 bits per heavy atom. The number of carbonyl (C=O) groups excluding carboxylic acids is 1. The van der Waals surface area contributed by atoms with Crippen LogP contribution in [0.1, 0.15) is 46.5 Å². The van der Waals surface area contributed by atoms with E-state index < -0.39 is 23.9 Å². The van der Waals surface area contributed by atoms with Crippen molar-refractivity contribution < 1.29 is 19.8 Å². The van der Waals surface area contributed by atoms with Gasteiger partial charge in [0.15, 0.2) is 0 Å². The number of aliphatic carboxylic acids is 1. The van der Waals surface area contributed by atoms with E-state index in [2.05, 4.69) is 5.32 Å². The molecule has 0 aliphatic heterocycles. The van der Waals surface area contributed by atoms with Crippen LogP contribution in [-0.2, 0) is 9.59 Å². The van der Waals surface area contributed by atoms with Crippen molar-refractivity contribution in [3.05, 3.63) is 0 Å². The molecular formula is C15H27NO4. The molecule has 0 spiro atoms. The fourth-order valence-corrected chi connectivity index (χ4v) is 3.19. The molecule has 0 heterocycles. The Morgan fingerprint density at radius 3 is 2.25 bits per heavy atom. The van der Waals surface area contributed by atoms with Gasteiger partial charge in [0.1, 0.15) is 0 Å². The molecule has 0 bridgehead atoms. The van der Waals surface area contributed by atoms with Crippen LogP contribution in [0.4, 0.5) is 0 Å². The molecule has 5 nitrogen and oxygen atoms in total. The molecule has 116 valence electrons. The first-order valence-corrected chi connectivity index (χ1v) is 7.59. The topological polar surface area (TPSA) is 86.6 Å². The molecule has 5 heteroatoms. The molecule has 0 aromatic rings. The Balaban J connectivity index is 2.52. The number of hydrogen-bond acceptors (Lipinski definition) is 3. The second kappa shape index (κ2) is 7.62. The average molecular weight is 285 g/mol. The lowest BCUT2D eigenvalue weighted by Crippen LogP contribution is -2.41. The zero-order chi connectivity index (χ0) is 15.3. The Labute approximate surface area is 120 Å². The highest BCUT2D eigenvalue weighted by Gasteiger charge is 2.41. The largest absolute Gasteiger partial charge is 0.481 e. The molecule has 4 unspecified atom stereocenters. The number of nitrogens with one attached hydrogen (secondary N) is 1. The molecule has 1 fully saturated rings. The Kier molecular flexibility index (Phi) is 6.46. The quantitative estimate of drug-likeness (QED) is 0.664. The molecule has 0 saturated heterocycles. The molecule has 0 aromatic carbocycles. The second-order valence-corrected chi connectivity index (χ2v) is 6.02. The van der Waals surface area contributed by atoms with Crippen molar-refractivity contribution in [1.82, 2.24) is 5.32 Å². The maximum atomic E-state index is 12.1.